The molecule has 0 saturated carbocycles. The number of amides is 1. The molecule has 1 rings (SSSR count). The molecule has 0 aliphatic heterocycles. The molecule has 0 radical (unpaired) electrons. The van der Waals surface area contributed by atoms with Gasteiger partial charge in [0.15, 0.2) is 11.5 Å². The molecule has 0 unspecified atom stereocenters. The van der Waals surface area contributed by atoms with E-state index >= 15 is 0 Å². The minimum absolute atomic E-state index is 0. The fourth-order valence-electron chi connectivity index (χ4n) is 1.71. The van der Waals surface area contributed by atoms with E-state index < -0.39 is 0 Å². The van der Waals surface area contributed by atoms with Crippen LogP contribution in [0.1, 0.15) is 18.4 Å². The number of ether oxygens (including phenoxy) is 2. The van der Waals surface area contributed by atoms with Gasteiger partial charge < -0.3 is 20.5 Å². The summed E-state index contributed by atoms with van der Waals surface area (Å²) in [5.41, 5.74) is 6.41. The molecule has 5 nitrogen and oxygen atoms in total. The van der Waals surface area contributed by atoms with Gasteiger partial charge in [-0.05, 0) is 37.1 Å². The molecule has 0 aliphatic rings. The molecule has 114 valence electrons. The second-order valence-electron chi connectivity index (χ2n) is 4.18. The summed E-state index contributed by atoms with van der Waals surface area (Å²) in [7, 11) is 3.20. The molecule has 0 fully saturated rings. The number of benzene rings is 1. The number of aryl methyl sites for hydroxylation is 1. The van der Waals surface area contributed by atoms with Crippen LogP contribution < -0.4 is 20.5 Å². The lowest BCUT2D eigenvalue weighted by Gasteiger charge is -2.09. The van der Waals surface area contributed by atoms with Crippen molar-refractivity contribution >= 4 is 18.3 Å². The number of hydrogen-bond donors (Lipinski definition) is 2. The lowest BCUT2D eigenvalue weighted by Crippen LogP contribution is -2.26. The number of nitrogens with two attached hydrogens (primary N) is 1. The highest BCUT2D eigenvalue weighted by atomic mass is 35.5. The van der Waals surface area contributed by atoms with Crippen molar-refractivity contribution in [2.75, 3.05) is 27.3 Å². The molecule has 0 spiro atoms. The maximum absolute atomic E-state index is 11.6. The molecular formula is C14H23ClN2O3. The number of methoxy groups -OCH3 is 2. The van der Waals surface area contributed by atoms with Crippen LogP contribution in [0, 0.1) is 0 Å². The topological polar surface area (TPSA) is 73.6 Å². The van der Waals surface area contributed by atoms with Crippen LogP contribution in [0.15, 0.2) is 18.2 Å². The molecule has 0 aromatic heterocycles. The summed E-state index contributed by atoms with van der Waals surface area (Å²) in [6.07, 6.45) is 1.94. The molecule has 0 aliphatic carbocycles. The van der Waals surface area contributed by atoms with Crippen molar-refractivity contribution in [1.82, 2.24) is 5.32 Å². The zero-order valence-electron chi connectivity index (χ0n) is 12.0. The smallest absolute Gasteiger partial charge is 0.220 e. The Morgan fingerprint density at radius 1 is 1.25 bits per heavy atom. The Bertz CT molecular complexity index is 413. The molecule has 1 aromatic carbocycles. The summed E-state index contributed by atoms with van der Waals surface area (Å²) >= 11 is 0. The van der Waals surface area contributed by atoms with Crippen LogP contribution in [0.4, 0.5) is 0 Å². The van der Waals surface area contributed by atoms with Gasteiger partial charge >= 0.3 is 0 Å². The van der Waals surface area contributed by atoms with Crippen molar-refractivity contribution in [3.63, 3.8) is 0 Å². The van der Waals surface area contributed by atoms with Crippen LogP contribution in [0.5, 0.6) is 11.5 Å². The van der Waals surface area contributed by atoms with Crippen molar-refractivity contribution in [3.8, 4) is 11.5 Å². The highest BCUT2D eigenvalue weighted by molar-refractivity contribution is 5.85. The van der Waals surface area contributed by atoms with E-state index in [-0.39, 0.29) is 18.3 Å². The first-order valence-electron chi connectivity index (χ1n) is 6.39. The fourth-order valence-corrected chi connectivity index (χ4v) is 1.71. The number of nitrogens with one attached hydrogen (secondary N) is 1. The molecule has 1 amide bonds. The molecule has 0 heterocycles. The van der Waals surface area contributed by atoms with E-state index in [4.69, 9.17) is 15.2 Å². The summed E-state index contributed by atoms with van der Waals surface area (Å²) in [4.78, 5) is 11.6. The van der Waals surface area contributed by atoms with Crippen LogP contribution in [0.3, 0.4) is 0 Å². The number of rotatable bonds is 8. The predicted molar refractivity (Wildman–Crippen MR) is 81.8 cm³/mol. The van der Waals surface area contributed by atoms with Gasteiger partial charge in [-0.3, -0.25) is 4.79 Å². The van der Waals surface area contributed by atoms with Crippen molar-refractivity contribution in [3.05, 3.63) is 23.8 Å². The summed E-state index contributed by atoms with van der Waals surface area (Å²) < 4.78 is 10.4. The van der Waals surface area contributed by atoms with Gasteiger partial charge in [-0.25, -0.2) is 0 Å². The van der Waals surface area contributed by atoms with E-state index in [0.29, 0.717) is 37.4 Å². The monoisotopic (exact) mass is 302 g/mol. The van der Waals surface area contributed by atoms with Crippen molar-refractivity contribution in [1.29, 1.82) is 0 Å². The third kappa shape index (κ3) is 6.12. The number of carbonyl (C=O) groups is 1. The van der Waals surface area contributed by atoms with Gasteiger partial charge in [-0.1, -0.05) is 6.07 Å². The highest BCUT2D eigenvalue weighted by Gasteiger charge is 2.06. The van der Waals surface area contributed by atoms with Crippen LogP contribution in [0.25, 0.3) is 0 Å². The minimum Gasteiger partial charge on any atom is -0.493 e. The zero-order chi connectivity index (χ0) is 14.1. The van der Waals surface area contributed by atoms with Crippen molar-refractivity contribution in [2.45, 2.75) is 19.3 Å². The van der Waals surface area contributed by atoms with Gasteiger partial charge in [0.1, 0.15) is 0 Å². The Morgan fingerprint density at radius 3 is 2.55 bits per heavy atom. The number of hydrogen-bond acceptors (Lipinski definition) is 4. The maximum Gasteiger partial charge on any atom is 0.220 e. The van der Waals surface area contributed by atoms with Crippen LogP contribution >= 0.6 is 12.4 Å². The van der Waals surface area contributed by atoms with Gasteiger partial charge in [0, 0.05) is 13.0 Å². The van der Waals surface area contributed by atoms with E-state index in [0.717, 1.165) is 12.0 Å². The van der Waals surface area contributed by atoms with E-state index in [9.17, 15) is 4.79 Å². The molecule has 0 atom stereocenters. The first kappa shape index (κ1) is 18.5. The molecule has 1 aromatic rings. The summed E-state index contributed by atoms with van der Waals surface area (Å²) in [5, 5.41) is 2.83. The highest BCUT2D eigenvalue weighted by Crippen LogP contribution is 2.27. The van der Waals surface area contributed by atoms with Crippen LogP contribution in [0.2, 0.25) is 0 Å². The van der Waals surface area contributed by atoms with Gasteiger partial charge in [0.2, 0.25) is 5.91 Å². The average Bonchev–Trinajstić information content (AvgIpc) is 2.45. The van der Waals surface area contributed by atoms with Crippen LogP contribution in [-0.2, 0) is 11.2 Å². The van der Waals surface area contributed by atoms with E-state index in [2.05, 4.69) is 5.32 Å². The van der Waals surface area contributed by atoms with Gasteiger partial charge in [-0.15, -0.1) is 12.4 Å². The quantitative estimate of drug-likeness (QED) is 0.714. The third-order valence-electron chi connectivity index (χ3n) is 2.79. The Labute approximate surface area is 126 Å². The lowest BCUT2D eigenvalue weighted by molar-refractivity contribution is -0.121. The Morgan fingerprint density at radius 2 is 1.95 bits per heavy atom. The largest absolute Gasteiger partial charge is 0.493 e. The lowest BCUT2D eigenvalue weighted by atomic mass is 10.1. The molecule has 3 N–H and O–H groups in total. The fraction of sp³-hybridized carbons (Fsp3) is 0.500. The first-order chi connectivity index (χ1) is 9.21. The predicted octanol–water partition coefficient (Wildman–Crippen LogP) is 1.52. The SMILES string of the molecule is COc1ccc(CCC(=O)NCCCN)cc1OC.Cl. The summed E-state index contributed by atoms with van der Waals surface area (Å²) in [6.45, 7) is 1.23. The Balaban J connectivity index is 0.00000361. The minimum atomic E-state index is 0. The Hall–Kier alpha value is -1.46. The molecular weight excluding hydrogens is 280 g/mol. The zero-order valence-corrected chi connectivity index (χ0v) is 12.8. The van der Waals surface area contributed by atoms with E-state index in [1.54, 1.807) is 14.2 Å². The summed E-state index contributed by atoms with van der Waals surface area (Å²) in [6, 6.07) is 5.68. The standard InChI is InChI=1S/C14H22N2O3.ClH/c1-18-12-6-4-11(10-13(12)19-2)5-7-14(17)16-9-3-8-15;/h4,6,10H,3,5,7-9,15H2,1-2H3,(H,16,17);1H. The maximum atomic E-state index is 11.6. The second kappa shape index (κ2) is 10.3. The Kier molecular flexibility index (Phi) is 9.59. The molecule has 0 bridgehead atoms. The van der Waals surface area contributed by atoms with Gasteiger partial charge in [-0.2, -0.15) is 0 Å². The van der Waals surface area contributed by atoms with Crippen molar-refractivity contribution < 1.29 is 14.3 Å². The third-order valence-corrected chi connectivity index (χ3v) is 2.79. The van der Waals surface area contributed by atoms with Crippen LogP contribution in [-0.4, -0.2) is 33.2 Å². The normalized spacial score (nSPS) is 9.55. The van der Waals surface area contributed by atoms with Crippen molar-refractivity contribution in [2.24, 2.45) is 5.73 Å². The number of halogens is 1. The average molecular weight is 303 g/mol. The summed E-state index contributed by atoms with van der Waals surface area (Å²) in [5.74, 6) is 1.42. The van der Waals surface area contributed by atoms with E-state index in [1.165, 1.54) is 0 Å². The first-order valence-corrected chi connectivity index (χ1v) is 6.39. The molecule has 20 heavy (non-hydrogen) atoms. The van der Waals surface area contributed by atoms with Gasteiger partial charge in [0.05, 0.1) is 14.2 Å². The second-order valence-corrected chi connectivity index (χ2v) is 4.18. The molecule has 0 saturated heterocycles. The van der Waals surface area contributed by atoms with E-state index in [1.807, 2.05) is 18.2 Å². The number of carbonyl (C=O) groups excluding carboxylic acids is 1. The molecule has 6 heteroatoms. The van der Waals surface area contributed by atoms with Gasteiger partial charge in [0.25, 0.3) is 0 Å².